The van der Waals surface area contributed by atoms with E-state index in [-0.39, 0.29) is 12.2 Å². The molecule has 0 aliphatic rings. The molecular formula is C16H21N3O2. The number of para-hydroxylation sites is 1. The number of hydrogen-bond acceptors (Lipinski definition) is 3. The van der Waals surface area contributed by atoms with Gasteiger partial charge in [0.2, 0.25) is 0 Å². The molecule has 5 nitrogen and oxygen atoms in total. The normalized spacial score (nSPS) is 11.9. The van der Waals surface area contributed by atoms with Crippen LogP contribution in [0.15, 0.2) is 40.1 Å². The number of nitrogens with zero attached hydrogens (tertiary/aromatic N) is 2. The van der Waals surface area contributed by atoms with Gasteiger partial charge in [0.05, 0.1) is 24.4 Å². The van der Waals surface area contributed by atoms with E-state index in [4.69, 9.17) is 5.11 Å². The number of aryl methyl sites for hydroxylation is 1. The highest BCUT2D eigenvalue weighted by molar-refractivity contribution is 5.99. The first kappa shape index (κ1) is 15.3. The predicted octanol–water partition coefficient (Wildman–Crippen LogP) is 1.92. The van der Waals surface area contributed by atoms with Crippen LogP contribution in [0, 0.1) is 0 Å². The number of nitrogens with one attached hydrogen (secondary N) is 1. The number of hydrogen-bond donors (Lipinski definition) is 2. The third-order valence-corrected chi connectivity index (χ3v) is 3.29. The lowest BCUT2D eigenvalue weighted by molar-refractivity contribution is 0.307. The van der Waals surface area contributed by atoms with Gasteiger partial charge in [-0.3, -0.25) is 14.9 Å². The van der Waals surface area contributed by atoms with Crippen molar-refractivity contribution in [2.75, 3.05) is 13.2 Å². The summed E-state index contributed by atoms with van der Waals surface area (Å²) in [6, 6.07) is 9.48. The Labute approximate surface area is 124 Å². The summed E-state index contributed by atoms with van der Waals surface area (Å²) >= 11 is 0. The third kappa shape index (κ3) is 3.31. The van der Waals surface area contributed by atoms with Crippen LogP contribution in [-0.2, 0) is 6.42 Å². The number of H-pyrrole nitrogens is 1. The van der Waals surface area contributed by atoms with Crippen LogP contribution >= 0.6 is 0 Å². The van der Waals surface area contributed by atoms with Gasteiger partial charge in [-0.05, 0) is 25.5 Å². The number of aliphatic hydroxyl groups is 1. The topological polar surface area (TPSA) is 70.4 Å². The van der Waals surface area contributed by atoms with Crippen LogP contribution in [0.1, 0.15) is 31.5 Å². The molecule has 2 rings (SSSR count). The first-order valence-corrected chi connectivity index (χ1v) is 7.20. The summed E-state index contributed by atoms with van der Waals surface area (Å²) < 4.78 is 1.55. The van der Waals surface area contributed by atoms with Gasteiger partial charge in [0.15, 0.2) is 0 Å². The minimum atomic E-state index is -0.0937. The minimum absolute atomic E-state index is 0.0161. The van der Waals surface area contributed by atoms with Gasteiger partial charge in [0.25, 0.3) is 5.56 Å². The first-order valence-electron chi connectivity index (χ1n) is 7.20. The van der Waals surface area contributed by atoms with Crippen LogP contribution in [0.4, 0.5) is 0 Å². The Hall–Kier alpha value is -2.14. The van der Waals surface area contributed by atoms with Crippen molar-refractivity contribution in [3.05, 3.63) is 51.9 Å². The van der Waals surface area contributed by atoms with E-state index in [1.165, 1.54) is 0 Å². The minimum Gasteiger partial charge on any atom is -0.394 e. The van der Waals surface area contributed by atoms with Crippen LogP contribution in [-0.4, -0.2) is 33.8 Å². The lowest BCUT2D eigenvalue weighted by atomic mass is 10.1. The molecule has 0 bridgehead atoms. The Morgan fingerprint density at radius 3 is 2.67 bits per heavy atom. The van der Waals surface area contributed by atoms with Gasteiger partial charge in [-0.2, -0.15) is 0 Å². The number of benzene rings is 1. The molecule has 1 heterocycles. The maximum absolute atomic E-state index is 12.7. The molecular weight excluding hydrogens is 266 g/mol. The van der Waals surface area contributed by atoms with E-state index in [1.54, 1.807) is 4.68 Å². The summed E-state index contributed by atoms with van der Waals surface area (Å²) in [5, 5.41) is 12.1. The van der Waals surface area contributed by atoms with Gasteiger partial charge in [-0.1, -0.05) is 31.5 Å². The molecule has 112 valence electrons. The second-order valence-electron chi connectivity index (χ2n) is 4.88. The van der Waals surface area contributed by atoms with Gasteiger partial charge in [-0.15, -0.1) is 0 Å². The number of aliphatic hydroxyl groups excluding tert-OH is 1. The summed E-state index contributed by atoms with van der Waals surface area (Å²) in [4.78, 5) is 16.9. The lowest BCUT2D eigenvalue weighted by Gasteiger charge is -2.00. The van der Waals surface area contributed by atoms with Crippen LogP contribution in [0.2, 0.25) is 0 Å². The average molecular weight is 287 g/mol. The summed E-state index contributed by atoms with van der Waals surface area (Å²) in [6.07, 6.45) is 1.73. The van der Waals surface area contributed by atoms with Crippen molar-refractivity contribution in [3.8, 4) is 5.69 Å². The fourth-order valence-corrected chi connectivity index (χ4v) is 2.34. The Morgan fingerprint density at radius 2 is 2.05 bits per heavy atom. The summed E-state index contributed by atoms with van der Waals surface area (Å²) in [5.74, 6) is 0. The van der Waals surface area contributed by atoms with Crippen LogP contribution in [0.25, 0.3) is 5.69 Å². The van der Waals surface area contributed by atoms with E-state index >= 15 is 0 Å². The molecule has 0 fully saturated rings. The average Bonchev–Trinajstić information content (AvgIpc) is 2.83. The third-order valence-electron chi connectivity index (χ3n) is 3.29. The molecule has 0 saturated heterocycles. The van der Waals surface area contributed by atoms with Crippen molar-refractivity contribution in [1.82, 2.24) is 9.78 Å². The SMILES string of the molecule is CCCc1[nH]n(-c2ccccc2)c(=O)c1C(C)=NCCO. The monoisotopic (exact) mass is 287 g/mol. The lowest BCUT2D eigenvalue weighted by Crippen LogP contribution is -2.20. The van der Waals surface area contributed by atoms with Crippen molar-refractivity contribution in [2.24, 2.45) is 4.99 Å². The second kappa shape index (κ2) is 7.04. The molecule has 1 aromatic heterocycles. The first-order chi connectivity index (χ1) is 10.2. The van der Waals surface area contributed by atoms with Gasteiger partial charge in [-0.25, -0.2) is 4.68 Å². The highest BCUT2D eigenvalue weighted by atomic mass is 16.3. The molecule has 0 radical (unpaired) electrons. The fourth-order valence-electron chi connectivity index (χ4n) is 2.34. The number of aliphatic imine (C=N–C) groups is 1. The van der Waals surface area contributed by atoms with Crippen LogP contribution < -0.4 is 5.56 Å². The molecule has 1 aromatic carbocycles. The van der Waals surface area contributed by atoms with Crippen LogP contribution in [0.3, 0.4) is 0 Å². The van der Waals surface area contributed by atoms with E-state index in [9.17, 15) is 4.79 Å². The van der Waals surface area contributed by atoms with Gasteiger partial charge in [0, 0.05) is 11.4 Å². The maximum atomic E-state index is 12.7. The highest BCUT2D eigenvalue weighted by Crippen LogP contribution is 2.10. The molecule has 5 heteroatoms. The Morgan fingerprint density at radius 1 is 1.33 bits per heavy atom. The number of aromatic nitrogens is 2. The van der Waals surface area contributed by atoms with Crippen molar-refractivity contribution in [3.63, 3.8) is 0 Å². The smallest absolute Gasteiger partial charge is 0.280 e. The maximum Gasteiger partial charge on any atom is 0.280 e. The Balaban J connectivity index is 2.54. The zero-order valence-electron chi connectivity index (χ0n) is 12.5. The molecule has 0 saturated carbocycles. The van der Waals surface area contributed by atoms with Gasteiger partial charge >= 0.3 is 0 Å². The molecule has 0 unspecified atom stereocenters. The quantitative estimate of drug-likeness (QED) is 0.797. The zero-order valence-corrected chi connectivity index (χ0v) is 12.5. The van der Waals surface area contributed by atoms with Gasteiger partial charge < -0.3 is 5.11 Å². The van der Waals surface area contributed by atoms with E-state index in [1.807, 2.05) is 37.3 Å². The number of aromatic amines is 1. The van der Waals surface area contributed by atoms with Crippen molar-refractivity contribution in [2.45, 2.75) is 26.7 Å². The van der Waals surface area contributed by atoms with Crippen LogP contribution in [0.5, 0.6) is 0 Å². The predicted molar refractivity (Wildman–Crippen MR) is 84.5 cm³/mol. The molecule has 21 heavy (non-hydrogen) atoms. The van der Waals surface area contributed by atoms with E-state index in [0.717, 1.165) is 24.2 Å². The molecule has 0 aliphatic carbocycles. The molecule has 0 aliphatic heterocycles. The Bertz CT molecular complexity index is 669. The van der Waals surface area contributed by atoms with E-state index < -0.39 is 0 Å². The zero-order chi connectivity index (χ0) is 15.2. The Kier molecular flexibility index (Phi) is 5.11. The molecule has 2 aromatic rings. The van der Waals surface area contributed by atoms with E-state index in [2.05, 4.69) is 17.0 Å². The molecule has 0 spiro atoms. The highest BCUT2D eigenvalue weighted by Gasteiger charge is 2.16. The summed E-state index contributed by atoms with van der Waals surface area (Å²) in [5.41, 5.74) is 2.90. The van der Waals surface area contributed by atoms with Crippen molar-refractivity contribution in [1.29, 1.82) is 0 Å². The molecule has 0 atom stereocenters. The van der Waals surface area contributed by atoms with Gasteiger partial charge in [0.1, 0.15) is 0 Å². The molecule has 2 N–H and O–H groups in total. The van der Waals surface area contributed by atoms with E-state index in [0.29, 0.717) is 17.8 Å². The fraction of sp³-hybridized carbons (Fsp3) is 0.375. The largest absolute Gasteiger partial charge is 0.394 e. The molecule has 0 amide bonds. The standard InChI is InChI=1S/C16H21N3O2/c1-3-7-14-15(12(2)17-10-11-20)16(21)19(18-14)13-8-5-4-6-9-13/h4-6,8-9,18,20H,3,7,10-11H2,1-2H3. The summed E-state index contributed by atoms with van der Waals surface area (Å²) in [6.45, 7) is 4.18. The van der Waals surface area contributed by atoms with Crippen molar-refractivity contribution >= 4 is 5.71 Å². The number of rotatable bonds is 6. The summed E-state index contributed by atoms with van der Waals surface area (Å²) in [7, 11) is 0. The second-order valence-corrected chi connectivity index (χ2v) is 4.88. The van der Waals surface area contributed by atoms with Crippen molar-refractivity contribution < 1.29 is 5.11 Å².